The molecular weight excluding hydrogens is 418 g/mol. The molecule has 0 unspecified atom stereocenters. The fourth-order valence-electron chi connectivity index (χ4n) is 3.00. The van der Waals surface area contributed by atoms with Crippen molar-refractivity contribution in [2.75, 3.05) is 19.4 Å². The second-order valence-corrected chi connectivity index (χ2v) is 6.91. The van der Waals surface area contributed by atoms with E-state index in [-0.39, 0.29) is 17.4 Å². The van der Waals surface area contributed by atoms with Crippen molar-refractivity contribution in [3.05, 3.63) is 83.8 Å². The Morgan fingerprint density at radius 2 is 1.78 bits per heavy atom. The Morgan fingerprint density at radius 1 is 1.09 bits per heavy atom. The van der Waals surface area contributed by atoms with Crippen molar-refractivity contribution in [1.29, 1.82) is 0 Å². The minimum atomic E-state index is -2.84. The monoisotopic (exact) mass is 442 g/mol. The summed E-state index contributed by atoms with van der Waals surface area (Å²) in [5.74, 6) is 0.737. The number of nitrogens with zero attached hydrogens (tertiary/aromatic N) is 2. The van der Waals surface area contributed by atoms with Gasteiger partial charge in [0, 0.05) is 32.9 Å². The van der Waals surface area contributed by atoms with Gasteiger partial charge in [-0.3, -0.25) is 9.79 Å². The summed E-state index contributed by atoms with van der Waals surface area (Å²) >= 11 is 0. The molecule has 9 heteroatoms. The molecule has 0 fully saturated rings. The smallest absolute Gasteiger partial charge is 0.387 e. The van der Waals surface area contributed by atoms with Gasteiger partial charge in [-0.2, -0.15) is 8.78 Å². The minimum absolute atomic E-state index is 0.123. The number of halogens is 2. The van der Waals surface area contributed by atoms with E-state index < -0.39 is 6.61 Å². The van der Waals surface area contributed by atoms with Crippen molar-refractivity contribution in [3.8, 4) is 5.75 Å². The van der Waals surface area contributed by atoms with Crippen molar-refractivity contribution < 1.29 is 22.7 Å². The third kappa shape index (κ3) is 6.56. The van der Waals surface area contributed by atoms with Crippen LogP contribution in [0.4, 0.5) is 14.5 Å². The Balaban J connectivity index is 1.50. The lowest BCUT2D eigenvalue weighted by Gasteiger charge is -2.22. The maximum atomic E-state index is 12.3. The first kappa shape index (κ1) is 22.8. The van der Waals surface area contributed by atoms with Gasteiger partial charge in [0.15, 0.2) is 11.7 Å². The Hall–Kier alpha value is -3.88. The average molecular weight is 442 g/mol. The minimum Gasteiger partial charge on any atom is -0.459 e. The molecule has 0 saturated heterocycles. The fourth-order valence-corrected chi connectivity index (χ4v) is 3.00. The zero-order valence-electron chi connectivity index (χ0n) is 17.7. The number of carbonyl (C=O) groups is 1. The summed E-state index contributed by atoms with van der Waals surface area (Å²) in [6, 6.07) is 17.2. The molecule has 3 aromatic rings. The van der Waals surface area contributed by atoms with Crippen LogP contribution in [0.3, 0.4) is 0 Å². The summed E-state index contributed by atoms with van der Waals surface area (Å²) in [6.45, 7) is -1.77. The Bertz CT molecular complexity index is 1020. The lowest BCUT2D eigenvalue weighted by molar-refractivity contribution is -0.0498. The number of furan rings is 1. The van der Waals surface area contributed by atoms with E-state index in [4.69, 9.17) is 4.42 Å². The first-order valence-electron chi connectivity index (χ1n) is 9.84. The van der Waals surface area contributed by atoms with Gasteiger partial charge in [0.05, 0.1) is 6.26 Å². The number of aliphatic imine (C=N–C) groups is 1. The van der Waals surface area contributed by atoms with Gasteiger partial charge in [-0.05, 0) is 47.5 Å². The number of benzene rings is 2. The summed E-state index contributed by atoms with van der Waals surface area (Å²) in [7, 11) is 3.57. The number of nitrogens with one attached hydrogen (secondary N) is 2. The van der Waals surface area contributed by atoms with Crippen LogP contribution in [0.15, 0.2) is 76.3 Å². The summed E-state index contributed by atoms with van der Waals surface area (Å²) in [6.07, 6.45) is 1.45. The van der Waals surface area contributed by atoms with Crippen molar-refractivity contribution in [2.45, 2.75) is 19.7 Å². The molecule has 2 N–H and O–H groups in total. The van der Waals surface area contributed by atoms with Gasteiger partial charge in [-0.1, -0.05) is 24.3 Å². The molecule has 3 rings (SSSR count). The summed E-state index contributed by atoms with van der Waals surface area (Å²) in [4.78, 5) is 18.2. The van der Waals surface area contributed by atoms with E-state index in [1.165, 1.54) is 18.4 Å². The number of guanidine groups is 1. The summed E-state index contributed by atoms with van der Waals surface area (Å²) in [5, 5.41) is 6.05. The van der Waals surface area contributed by atoms with Crippen LogP contribution in [-0.2, 0) is 13.1 Å². The van der Waals surface area contributed by atoms with Crippen molar-refractivity contribution >= 4 is 17.6 Å². The number of anilines is 1. The van der Waals surface area contributed by atoms with Gasteiger partial charge in [0.1, 0.15) is 5.75 Å². The lowest BCUT2D eigenvalue weighted by atomic mass is 10.2. The third-order valence-corrected chi connectivity index (χ3v) is 4.55. The summed E-state index contributed by atoms with van der Waals surface area (Å²) < 4.78 is 34.0. The molecule has 32 heavy (non-hydrogen) atoms. The van der Waals surface area contributed by atoms with Gasteiger partial charge in [-0.15, -0.1) is 0 Å². The molecule has 0 aliphatic carbocycles. The van der Waals surface area contributed by atoms with Crippen molar-refractivity contribution in [1.82, 2.24) is 10.2 Å². The predicted octanol–water partition coefficient (Wildman–Crippen LogP) is 4.34. The van der Waals surface area contributed by atoms with Gasteiger partial charge in [0.2, 0.25) is 0 Å². The molecule has 1 heterocycles. The molecule has 0 bridgehead atoms. The molecular formula is C23H24F2N4O3. The standard InChI is InChI=1S/C23H24F2N4O3/c1-26-23(29(2)15-17-7-11-19(12-8-17)32-22(24)25)27-14-16-5-9-18(10-6-16)28-21(30)20-4-3-13-31-20/h3-13,22H,14-15H2,1-2H3,(H,26,27)(H,28,30). The maximum Gasteiger partial charge on any atom is 0.387 e. The highest BCUT2D eigenvalue weighted by atomic mass is 19.3. The molecule has 0 saturated carbocycles. The van der Waals surface area contributed by atoms with E-state index in [0.29, 0.717) is 24.7 Å². The SMILES string of the molecule is CN=C(NCc1ccc(NC(=O)c2ccco2)cc1)N(C)Cc1ccc(OC(F)F)cc1. The number of ether oxygens (including phenoxy) is 1. The number of hydrogen-bond acceptors (Lipinski definition) is 4. The van der Waals surface area contributed by atoms with Crippen molar-refractivity contribution in [2.24, 2.45) is 4.99 Å². The van der Waals surface area contributed by atoms with Gasteiger partial charge in [-0.25, -0.2) is 0 Å². The van der Waals surface area contributed by atoms with E-state index in [0.717, 1.165) is 11.1 Å². The molecule has 1 aromatic heterocycles. The van der Waals surface area contributed by atoms with Crippen LogP contribution in [0.2, 0.25) is 0 Å². The molecule has 0 atom stereocenters. The number of hydrogen-bond donors (Lipinski definition) is 2. The molecule has 0 spiro atoms. The summed E-state index contributed by atoms with van der Waals surface area (Å²) in [5.41, 5.74) is 2.59. The fraction of sp³-hybridized carbons (Fsp3) is 0.217. The molecule has 1 amide bonds. The normalized spacial score (nSPS) is 11.3. The molecule has 168 valence electrons. The van der Waals surface area contributed by atoms with Gasteiger partial charge < -0.3 is 24.7 Å². The Labute approximate surface area is 184 Å². The van der Waals surface area contributed by atoms with E-state index in [9.17, 15) is 13.6 Å². The first-order chi connectivity index (χ1) is 15.4. The molecule has 0 radical (unpaired) electrons. The average Bonchev–Trinajstić information content (AvgIpc) is 3.31. The zero-order chi connectivity index (χ0) is 22.9. The van der Waals surface area contributed by atoms with Crippen LogP contribution in [-0.4, -0.2) is 37.5 Å². The highest BCUT2D eigenvalue weighted by molar-refractivity contribution is 6.02. The van der Waals surface area contributed by atoms with Crippen LogP contribution in [0.5, 0.6) is 5.75 Å². The number of rotatable bonds is 8. The van der Waals surface area contributed by atoms with Crippen LogP contribution < -0.4 is 15.4 Å². The molecule has 2 aromatic carbocycles. The topological polar surface area (TPSA) is 79.1 Å². The molecule has 0 aliphatic heterocycles. The molecule has 7 nitrogen and oxygen atoms in total. The highest BCUT2D eigenvalue weighted by Crippen LogP contribution is 2.16. The van der Waals surface area contributed by atoms with Crippen LogP contribution in [0.25, 0.3) is 0 Å². The van der Waals surface area contributed by atoms with Crippen LogP contribution in [0, 0.1) is 0 Å². The van der Waals surface area contributed by atoms with Gasteiger partial charge >= 0.3 is 6.61 Å². The quantitative estimate of drug-likeness (QED) is 0.401. The number of amides is 1. The third-order valence-electron chi connectivity index (χ3n) is 4.55. The van der Waals surface area contributed by atoms with E-state index in [2.05, 4.69) is 20.4 Å². The van der Waals surface area contributed by atoms with Gasteiger partial charge in [0.25, 0.3) is 5.91 Å². The first-order valence-corrected chi connectivity index (χ1v) is 9.84. The zero-order valence-corrected chi connectivity index (χ0v) is 17.7. The van der Waals surface area contributed by atoms with E-state index >= 15 is 0 Å². The number of carbonyl (C=O) groups excluding carboxylic acids is 1. The second kappa shape index (κ2) is 10.9. The Kier molecular flexibility index (Phi) is 7.80. The predicted molar refractivity (Wildman–Crippen MR) is 118 cm³/mol. The highest BCUT2D eigenvalue weighted by Gasteiger charge is 2.10. The lowest BCUT2D eigenvalue weighted by Crippen LogP contribution is -2.38. The number of alkyl halides is 2. The molecule has 0 aliphatic rings. The second-order valence-electron chi connectivity index (χ2n) is 6.91. The van der Waals surface area contributed by atoms with E-state index in [1.54, 1.807) is 31.3 Å². The Morgan fingerprint density at radius 3 is 2.38 bits per heavy atom. The maximum absolute atomic E-state index is 12.3. The van der Waals surface area contributed by atoms with E-state index in [1.807, 2.05) is 36.2 Å². The largest absolute Gasteiger partial charge is 0.459 e. The van der Waals surface area contributed by atoms with Crippen LogP contribution in [0.1, 0.15) is 21.7 Å². The van der Waals surface area contributed by atoms with Crippen LogP contribution >= 0.6 is 0 Å². The van der Waals surface area contributed by atoms with Crippen molar-refractivity contribution in [3.63, 3.8) is 0 Å².